The van der Waals surface area contributed by atoms with Gasteiger partial charge in [0.15, 0.2) is 0 Å². The lowest BCUT2D eigenvalue weighted by Gasteiger charge is -2.28. The molecule has 1 amide bonds. The highest BCUT2D eigenvalue weighted by Crippen LogP contribution is 2.52. The molecule has 1 spiro atoms. The van der Waals surface area contributed by atoms with Gasteiger partial charge in [-0.1, -0.05) is 42.5 Å². The number of carboxylic acid groups (broad SMARTS) is 1. The van der Waals surface area contributed by atoms with E-state index in [2.05, 4.69) is 0 Å². The van der Waals surface area contributed by atoms with Crippen LogP contribution < -0.4 is 5.11 Å². The van der Waals surface area contributed by atoms with Crippen molar-refractivity contribution < 1.29 is 19.4 Å². The summed E-state index contributed by atoms with van der Waals surface area (Å²) in [7, 11) is 0. The second-order valence-corrected chi connectivity index (χ2v) is 6.27. The number of carbonyl (C=O) groups excluding carboxylic acids is 2. The Labute approximate surface area is 128 Å². The van der Waals surface area contributed by atoms with Crippen molar-refractivity contribution in [1.29, 1.82) is 0 Å². The van der Waals surface area contributed by atoms with Gasteiger partial charge in [0.05, 0.1) is 24.6 Å². The average Bonchev–Trinajstić information content (AvgIpc) is 3.15. The predicted molar refractivity (Wildman–Crippen MR) is 75.3 cm³/mol. The van der Waals surface area contributed by atoms with E-state index in [0.717, 1.165) is 5.56 Å². The topological polar surface area (TPSA) is 69.7 Å². The van der Waals surface area contributed by atoms with Crippen molar-refractivity contribution in [2.45, 2.75) is 24.7 Å². The van der Waals surface area contributed by atoms with Gasteiger partial charge >= 0.3 is 0 Å². The number of hydrogen-bond acceptors (Lipinski definition) is 4. The molecule has 0 aromatic heterocycles. The molecule has 2 saturated heterocycles. The molecule has 0 radical (unpaired) electrons. The molecule has 22 heavy (non-hydrogen) atoms. The third kappa shape index (κ3) is 1.63. The zero-order valence-electron chi connectivity index (χ0n) is 12.1. The maximum atomic E-state index is 12.8. The molecular formula is C17H16NO4-. The summed E-state index contributed by atoms with van der Waals surface area (Å²) >= 11 is 0. The van der Waals surface area contributed by atoms with Crippen LogP contribution in [-0.2, 0) is 14.3 Å². The number of hydrogen-bond donors (Lipinski definition) is 0. The van der Waals surface area contributed by atoms with Crippen molar-refractivity contribution in [3.8, 4) is 0 Å². The highest BCUT2D eigenvalue weighted by atomic mass is 16.5. The molecule has 3 aliphatic rings. The highest BCUT2D eigenvalue weighted by Gasteiger charge is 2.65. The summed E-state index contributed by atoms with van der Waals surface area (Å²) < 4.78 is 5.85. The average molecular weight is 298 g/mol. The molecule has 5 nitrogen and oxygen atoms in total. The molecule has 3 heterocycles. The Bertz CT molecular complexity index is 670. The van der Waals surface area contributed by atoms with Gasteiger partial charge in [-0.3, -0.25) is 4.79 Å². The van der Waals surface area contributed by atoms with Gasteiger partial charge in [-0.15, -0.1) is 0 Å². The number of carboxylic acids is 1. The molecule has 5 heteroatoms. The largest absolute Gasteiger partial charge is 0.550 e. The first-order valence-electron chi connectivity index (χ1n) is 7.47. The Morgan fingerprint density at radius 3 is 2.82 bits per heavy atom. The highest BCUT2D eigenvalue weighted by molar-refractivity contribution is 5.90. The molecular weight excluding hydrogens is 282 g/mol. The predicted octanol–water partition coefficient (Wildman–Crippen LogP) is 0.279. The fourth-order valence-electron chi connectivity index (χ4n) is 4.04. The van der Waals surface area contributed by atoms with Gasteiger partial charge in [-0.2, -0.15) is 0 Å². The van der Waals surface area contributed by atoms with Crippen molar-refractivity contribution in [3.63, 3.8) is 0 Å². The van der Waals surface area contributed by atoms with Crippen LogP contribution in [0.3, 0.4) is 0 Å². The molecule has 2 fully saturated rings. The molecule has 1 aromatic rings. The van der Waals surface area contributed by atoms with Crippen LogP contribution in [0, 0.1) is 11.8 Å². The van der Waals surface area contributed by atoms with Crippen molar-refractivity contribution in [3.05, 3.63) is 48.0 Å². The second kappa shape index (κ2) is 4.43. The lowest BCUT2D eigenvalue weighted by atomic mass is 9.77. The summed E-state index contributed by atoms with van der Waals surface area (Å²) in [5.74, 6) is -2.91. The lowest BCUT2D eigenvalue weighted by molar-refractivity contribution is -0.313. The van der Waals surface area contributed by atoms with Crippen molar-refractivity contribution >= 4 is 11.9 Å². The Balaban J connectivity index is 1.68. The van der Waals surface area contributed by atoms with Crippen LogP contribution in [0.25, 0.3) is 0 Å². The minimum Gasteiger partial charge on any atom is -0.550 e. The van der Waals surface area contributed by atoms with Crippen LogP contribution in [0.1, 0.15) is 18.5 Å². The van der Waals surface area contributed by atoms with E-state index in [-0.39, 0.29) is 11.9 Å². The van der Waals surface area contributed by atoms with E-state index in [1.54, 1.807) is 11.0 Å². The number of benzene rings is 1. The number of fused-ring (bicyclic) bond motifs is 1. The maximum Gasteiger partial charge on any atom is 0.230 e. The van der Waals surface area contributed by atoms with E-state index in [1.807, 2.05) is 43.3 Å². The van der Waals surface area contributed by atoms with Gasteiger partial charge in [0.25, 0.3) is 0 Å². The molecule has 0 N–H and O–H groups in total. The number of amides is 1. The normalized spacial score (nSPS) is 36.7. The number of aliphatic carboxylic acids is 1. The molecule has 3 aliphatic heterocycles. The maximum absolute atomic E-state index is 12.8. The Kier molecular flexibility index (Phi) is 2.72. The second-order valence-electron chi connectivity index (χ2n) is 6.27. The van der Waals surface area contributed by atoms with Gasteiger partial charge in [-0.05, 0) is 12.5 Å². The van der Waals surface area contributed by atoms with Crippen molar-refractivity contribution in [1.82, 2.24) is 4.90 Å². The molecule has 0 saturated carbocycles. The summed E-state index contributed by atoms with van der Waals surface area (Å²) in [6.07, 6.45) is 3.08. The SMILES string of the molecule is C[C@@H](c1ccccc1)N1C[C@@]23C=C[C@@H](O2)[C@H](C(=O)[O-])[C@@H]3C1=O. The first-order chi connectivity index (χ1) is 10.5. The van der Waals surface area contributed by atoms with Gasteiger partial charge in [0.2, 0.25) is 5.91 Å². The number of likely N-dealkylation sites (tertiary alicyclic amines) is 1. The summed E-state index contributed by atoms with van der Waals surface area (Å²) in [5.41, 5.74) is 0.228. The third-order valence-corrected chi connectivity index (χ3v) is 5.15. The summed E-state index contributed by atoms with van der Waals surface area (Å²) in [6.45, 7) is 2.35. The minimum atomic E-state index is -1.20. The van der Waals surface area contributed by atoms with Crippen LogP contribution in [0.4, 0.5) is 0 Å². The van der Waals surface area contributed by atoms with Crippen LogP contribution >= 0.6 is 0 Å². The van der Waals surface area contributed by atoms with Gasteiger partial charge in [0.1, 0.15) is 5.60 Å². The fraction of sp³-hybridized carbons (Fsp3) is 0.412. The third-order valence-electron chi connectivity index (χ3n) is 5.15. The Morgan fingerprint density at radius 1 is 1.41 bits per heavy atom. The molecule has 5 atom stereocenters. The Morgan fingerprint density at radius 2 is 2.14 bits per heavy atom. The van der Waals surface area contributed by atoms with E-state index in [0.29, 0.717) is 6.54 Å². The van der Waals surface area contributed by atoms with Crippen molar-refractivity contribution in [2.75, 3.05) is 6.54 Å². The number of rotatable bonds is 3. The lowest BCUT2D eigenvalue weighted by Crippen LogP contribution is -2.45. The molecule has 0 aliphatic carbocycles. The number of carbonyl (C=O) groups is 2. The van der Waals surface area contributed by atoms with Crippen LogP contribution in [0.5, 0.6) is 0 Å². The van der Waals surface area contributed by atoms with E-state index >= 15 is 0 Å². The molecule has 0 unspecified atom stereocenters. The van der Waals surface area contributed by atoms with E-state index in [4.69, 9.17) is 4.74 Å². The smallest absolute Gasteiger partial charge is 0.230 e. The molecule has 114 valence electrons. The van der Waals surface area contributed by atoms with Gasteiger partial charge in [-0.25, -0.2) is 0 Å². The number of ether oxygens (including phenoxy) is 1. The molecule has 1 aromatic carbocycles. The monoisotopic (exact) mass is 298 g/mol. The van der Waals surface area contributed by atoms with Crippen LogP contribution in [0.15, 0.2) is 42.5 Å². The first-order valence-corrected chi connectivity index (χ1v) is 7.47. The van der Waals surface area contributed by atoms with E-state index in [9.17, 15) is 14.7 Å². The first kappa shape index (κ1) is 13.5. The molecule has 4 rings (SSSR count). The zero-order chi connectivity index (χ0) is 15.5. The summed E-state index contributed by atoms with van der Waals surface area (Å²) in [4.78, 5) is 26.0. The minimum absolute atomic E-state index is 0.118. The van der Waals surface area contributed by atoms with E-state index in [1.165, 1.54) is 0 Å². The van der Waals surface area contributed by atoms with Crippen molar-refractivity contribution in [2.24, 2.45) is 11.8 Å². The van der Waals surface area contributed by atoms with Gasteiger partial charge < -0.3 is 19.5 Å². The van der Waals surface area contributed by atoms with Gasteiger partial charge in [0, 0.05) is 11.9 Å². The quantitative estimate of drug-likeness (QED) is 0.752. The van der Waals surface area contributed by atoms with E-state index < -0.39 is 29.5 Å². The van der Waals surface area contributed by atoms with Crippen LogP contribution in [0.2, 0.25) is 0 Å². The summed E-state index contributed by atoms with van der Waals surface area (Å²) in [5, 5.41) is 11.4. The number of nitrogens with zero attached hydrogens (tertiary/aromatic N) is 1. The molecule has 2 bridgehead atoms. The Hall–Kier alpha value is -2.14. The standard InChI is InChI=1S/C17H17NO4/c1-10(11-5-3-2-4-6-11)18-9-17-8-7-12(22-17)13(16(20)21)14(17)15(18)19/h2-8,10,12-14H,9H2,1H3,(H,20,21)/p-1/t10-,12+,13-,14+,17+/m0/s1. The summed E-state index contributed by atoms with van der Waals surface area (Å²) in [6, 6.07) is 9.60. The van der Waals surface area contributed by atoms with Crippen LogP contribution in [-0.4, -0.2) is 35.0 Å². The zero-order valence-corrected chi connectivity index (χ0v) is 12.1. The fourth-order valence-corrected chi connectivity index (χ4v) is 4.04.